The number of cyclic esters (lactones) is 1. The molecule has 4 atom stereocenters. The largest absolute Gasteiger partial charge is 0.493 e. The summed E-state index contributed by atoms with van der Waals surface area (Å²) in [5, 5.41) is 0. The number of methoxy groups -OCH3 is 3. The Bertz CT molecular complexity index is 1960. The molecular formula is C35H31ClO11S. The molecule has 1 fully saturated rings. The fraction of sp³-hybridized carbons (Fsp3) is 0.286. The van der Waals surface area contributed by atoms with Crippen LogP contribution < -0.4 is 27.9 Å². The van der Waals surface area contributed by atoms with E-state index in [1.165, 1.54) is 33.5 Å². The summed E-state index contributed by atoms with van der Waals surface area (Å²) >= 11 is 7.49. The van der Waals surface area contributed by atoms with Crippen molar-refractivity contribution in [3.8, 4) is 34.5 Å². The zero-order chi connectivity index (χ0) is 33.6. The number of hydrogen-bond donors (Lipinski definition) is 0. The highest BCUT2D eigenvalue weighted by Crippen LogP contribution is 2.61. The molecule has 0 saturated carbocycles. The molecule has 4 aromatic carbocycles. The number of carbonyl (C=O) groups is 1. The van der Waals surface area contributed by atoms with Crippen molar-refractivity contribution in [2.45, 2.75) is 28.4 Å². The van der Waals surface area contributed by atoms with Crippen LogP contribution in [-0.4, -0.2) is 54.0 Å². The molecule has 250 valence electrons. The van der Waals surface area contributed by atoms with Gasteiger partial charge in [0.2, 0.25) is 12.5 Å². The van der Waals surface area contributed by atoms with Crippen LogP contribution in [-0.2, 0) is 31.0 Å². The van der Waals surface area contributed by atoms with Crippen LogP contribution in [0.25, 0.3) is 0 Å². The van der Waals surface area contributed by atoms with E-state index in [0.717, 1.165) is 0 Å². The average Bonchev–Trinajstić information content (AvgIpc) is 3.69. The fourth-order valence-electron chi connectivity index (χ4n) is 6.63. The van der Waals surface area contributed by atoms with E-state index in [4.69, 9.17) is 48.9 Å². The molecule has 48 heavy (non-hydrogen) atoms. The van der Waals surface area contributed by atoms with Crippen molar-refractivity contribution in [1.29, 1.82) is 0 Å². The molecule has 2 aliphatic heterocycles. The van der Waals surface area contributed by atoms with Gasteiger partial charge in [0.1, 0.15) is 10.6 Å². The first-order valence-corrected chi connectivity index (χ1v) is 16.8. The number of alkyl halides is 1. The third kappa shape index (κ3) is 5.24. The van der Waals surface area contributed by atoms with Gasteiger partial charge in [-0.05, 0) is 59.2 Å². The van der Waals surface area contributed by atoms with E-state index in [2.05, 4.69) is 0 Å². The summed E-state index contributed by atoms with van der Waals surface area (Å²) in [6, 6.07) is 21.7. The van der Waals surface area contributed by atoms with Crippen LogP contribution in [0.1, 0.15) is 34.3 Å². The summed E-state index contributed by atoms with van der Waals surface area (Å²) in [6.07, 6.45) is -0.782. The van der Waals surface area contributed by atoms with Gasteiger partial charge in [0.15, 0.2) is 27.9 Å². The van der Waals surface area contributed by atoms with Crippen molar-refractivity contribution >= 4 is 27.7 Å². The molecule has 4 aromatic rings. The Labute approximate surface area is 282 Å². The predicted octanol–water partition coefficient (Wildman–Crippen LogP) is 5.76. The zero-order valence-corrected chi connectivity index (χ0v) is 27.7. The second-order valence-corrected chi connectivity index (χ2v) is 13.6. The predicted molar refractivity (Wildman–Crippen MR) is 172 cm³/mol. The highest BCUT2D eigenvalue weighted by molar-refractivity contribution is 7.87. The summed E-state index contributed by atoms with van der Waals surface area (Å²) in [5.41, 5.74) is 2.44. The fourth-order valence-corrected chi connectivity index (χ4v) is 8.10. The Morgan fingerprint density at radius 1 is 0.812 bits per heavy atom. The lowest BCUT2D eigenvalue weighted by Gasteiger charge is -2.43. The Morgan fingerprint density at radius 3 is 2.12 bits per heavy atom. The molecule has 0 aromatic heterocycles. The van der Waals surface area contributed by atoms with Crippen molar-refractivity contribution in [2.75, 3.05) is 34.7 Å². The molecule has 1 aliphatic carbocycles. The number of benzene rings is 4. The molecule has 13 heteroatoms. The molecule has 0 bridgehead atoms. The van der Waals surface area contributed by atoms with Crippen LogP contribution >= 0.6 is 11.6 Å². The highest BCUT2D eigenvalue weighted by Gasteiger charge is 2.64. The van der Waals surface area contributed by atoms with Crippen LogP contribution in [0.5, 0.6) is 34.5 Å². The van der Waals surface area contributed by atoms with Gasteiger partial charge in [-0.25, -0.2) is 0 Å². The van der Waals surface area contributed by atoms with E-state index < -0.39 is 38.9 Å². The van der Waals surface area contributed by atoms with Crippen LogP contribution in [0, 0.1) is 5.92 Å². The molecule has 7 rings (SSSR count). The Balaban J connectivity index is 1.31. The van der Waals surface area contributed by atoms with Crippen LogP contribution in [0.15, 0.2) is 83.8 Å². The standard InChI is InChI=1S/C35H31ClO11S/c1-40-29-13-21(14-30(41-2)33(29)42-3)31-23-15-27-28(46-19-45-27)16-24(23)32(25-18-44-34(37)35(25,31)36)43-17-20-9-7-8-12-26(20)47-48(38,39)22-10-5-4-6-11-22/h4-16,25,31-32H,17-19H2,1-3H3/t25-,31-,32+,35-/m1/s1. The number of fused-ring (bicyclic) bond motifs is 3. The molecule has 0 unspecified atom stereocenters. The van der Waals surface area contributed by atoms with Crippen molar-refractivity contribution < 1.29 is 50.6 Å². The maximum atomic E-state index is 13.7. The van der Waals surface area contributed by atoms with Gasteiger partial charge in [-0.2, -0.15) is 8.42 Å². The van der Waals surface area contributed by atoms with Crippen molar-refractivity contribution in [1.82, 2.24) is 0 Å². The number of hydrogen-bond acceptors (Lipinski definition) is 11. The van der Waals surface area contributed by atoms with E-state index in [9.17, 15) is 13.2 Å². The van der Waals surface area contributed by atoms with Gasteiger partial charge < -0.3 is 37.3 Å². The summed E-state index contributed by atoms with van der Waals surface area (Å²) in [6.45, 7) is -0.0788. The maximum Gasteiger partial charge on any atom is 0.339 e. The van der Waals surface area contributed by atoms with E-state index in [1.54, 1.807) is 60.7 Å². The lowest BCUT2D eigenvalue weighted by molar-refractivity contribution is -0.140. The first-order chi connectivity index (χ1) is 23.2. The molecule has 1 saturated heterocycles. The summed E-state index contributed by atoms with van der Waals surface area (Å²) < 4.78 is 72.3. The molecule has 0 spiro atoms. The van der Waals surface area contributed by atoms with Crippen LogP contribution in [0.3, 0.4) is 0 Å². The van der Waals surface area contributed by atoms with Crippen molar-refractivity contribution in [3.63, 3.8) is 0 Å². The monoisotopic (exact) mass is 694 g/mol. The normalized spacial score (nSPS) is 22.3. The van der Waals surface area contributed by atoms with Gasteiger partial charge in [0.05, 0.1) is 46.6 Å². The number of rotatable bonds is 10. The molecule has 0 radical (unpaired) electrons. The Morgan fingerprint density at radius 2 is 1.46 bits per heavy atom. The maximum absolute atomic E-state index is 13.7. The minimum absolute atomic E-state index is 0.0179. The Kier molecular flexibility index (Phi) is 8.26. The SMILES string of the molecule is COc1cc([C@@H]2c3cc4c(cc3[C@H](OCc3ccccc3OS(=O)(=O)c3ccccc3)[C@H]3COC(=O)[C@]23Cl)OCO4)cc(OC)c1OC. The van der Waals surface area contributed by atoms with Gasteiger partial charge >= 0.3 is 16.1 Å². The van der Waals surface area contributed by atoms with E-state index in [1.807, 2.05) is 6.07 Å². The molecule has 11 nitrogen and oxygen atoms in total. The first-order valence-electron chi connectivity index (χ1n) is 15.0. The zero-order valence-electron chi connectivity index (χ0n) is 26.1. The number of carbonyl (C=O) groups excluding carboxylic acids is 1. The van der Waals surface area contributed by atoms with Crippen molar-refractivity contribution in [3.05, 3.63) is 101 Å². The third-order valence-electron chi connectivity index (χ3n) is 8.87. The second kappa shape index (κ2) is 12.4. The van der Waals surface area contributed by atoms with Crippen molar-refractivity contribution in [2.24, 2.45) is 5.92 Å². The quantitative estimate of drug-likeness (QED) is 0.114. The highest BCUT2D eigenvalue weighted by atomic mass is 35.5. The number of halogens is 1. The average molecular weight is 695 g/mol. The van der Waals surface area contributed by atoms with Gasteiger partial charge in [-0.1, -0.05) is 36.4 Å². The van der Waals surface area contributed by atoms with Crippen LogP contribution in [0.2, 0.25) is 0 Å². The molecule has 0 N–H and O–H groups in total. The van der Waals surface area contributed by atoms with Gasteiger partial charge in [-0.3, -0.25) is 4.79 Å². The summed E-state index contributed by atoms with van der Waals surface area (Å²) in [5.74, 6) is 0.216. The van der Waals surface area contributed by atoms with Crippen LogP contribution in [0.4, 0.5) is 0 Å². The number of ether oxygens (including phenoxy) is 7. The molecular weight excluding hydrogens is 664 g/mol. The van der Waals surface area contributed by atoms with Gasteiger partial charge in [-0.15, -0.1) is 11.6 Å². The minimum Gasteiger partial charge on any atom is -0.493 e. The number of para-hydroxylation sites is 1. The van der Waals surface area contributed by atoms with Gasteiger partial charge in [0, 0.05) is 11.5 Å². The summed E-state index contributed by atoms with van der Waals surface area (Å²) in [7, 11) is 0.400. The molecule has 3 aliphatic rings. The molecule has 0 amide bonds. The molecule has 2 heterocycles. The second-order valence-electron chi connectivity index (χ2n) is 11.4. The lowest BCUT2D eigenvalue weighted by Crippen LogP contribution is -2.48. The van der Waals surface area contributed by atoms with E-state index >= 15 is 0 Å². The Hall–Kier alpha value is -4.65. The van der Waals surface area contributed by atoms with E-state index in [-0.39, 0.29) is 30.7 Å². The lowest BCUT2D eigenvalue weighted by atomic mass is 9.65. The topological polar surface area (TPSA) is 125 Å². The summed E-state index contributed by atoms with van der Waals surface area (Å²) in [4.78, 5) is 12.1. The van der Waals surface area contributed by atoms with Gasteiger partial charge in [0.25, 0.3) is 0 Å². The minimum atomic E-state index is -4.12. The van der Waals surface area contributed by atoms with E-state index in [0.29, 0.717) is 51.0 Å². The first kappa shape index (κ1) is 31.9. The smallest absolute Gasteiger partial charge is 0.339 e. The number of esters is 1. The third-order valence-corrected chi connectivity index (χ3v) is 10.8.